The van der Waals surface area contributed by atoms with Gasteiger partial charge in [0.1, 0.15) is 11.5 Å². The number of hydrogen-bond donors (Lipinski definition) is 2. The lowest BCUT2D eigenvalue weighted by atomic mass is 10.1. The van der Waals surface area contributed by atoms with Crippen LogP contribution in [0.1, 0.15) is 25.1 Å². The number of imidazole rings is 1. The molecule has 1 saturated heterocycles. The van der Waals surface area contributed by atoms with Gasteiger partial charge in [-0.2, -0.15) is 5.10 Å². The highest BCUT2D eigenvalue weighted by Crippen LogP contribution is 2.34. The molecule has 31 heavy (non-hydrogen) atoms. The molecule has 6 heterocycles. The van der Waals surface area contributed by atoms with E-state index in [0.717, 1.165) is 58.0 Å². The number of nitrogens with zero attached hydrogens (tertiary/aromatic N) is 6. The Hall–Kier alpha value is -3.68. The molecule has 8 nitrogen and oxygen atoms in total. The van der Waals surface area contributed by atoms with Crippen molar-refractivity contribution < 1.29 is 0 Å². The van der Waals surface area contributed by atoms with Crippen molar-refractivity contribution in [1.29, 1.82) is 0 Å². The van der Waals surface area contributed by atoms with Crippen LogP contribution in [0.25, 0.3) is 44.7 Å². The molecule has 1 aliphatic rings. The molecule has 1 aliphatic heterocycles. The van der Waals surface area contributed by atoms with Gasteiger partial charge in [-0.1, -0.05) is 0 Å². The summed E-state index contributed by atoms with van der Waals surface area (Å²) in [5, 5.41) is 9.73. The van der Waals surface area contributed by atoms with E-state index in [0.29, 0.717) is 5.65 Å². The Kier molecular flexibility index (Phi) is 4.05. The average Bonchev–Trinajstić information content (AvgIpc) is 3.50. The molecule has 5 aromatic heterocycles. The van der Waals surface area contributed by atoms with E-state index in [1.807, 2.05) is 32.6 Å². The predicted octanol–water partition coefficient (Wildman–Crippen LogP) is 4.20. The largest absolute Gasteiger partial charge is 0.371 e. The van der Waals surface area contributed by atoms with Gasteiger partial charge >= 0.3 is 0 Å². The summed E-state index contributed by atoms with van der Waals surface area (Å²) in [4.78, 5) is 19.5. The summed E-state index contributed by atoms with van der Waals surface area (Å²) in [6, 6.07) is 6.43. The second-order valence-corrected chi connectivity index (χ2v) is 8.27. The zero-order valence-corrected chi connectivity index (χ0v) is 17.7. The van der Waals surface area contributed by atoms with Gasteiger partial charge in [-0.05, 0) is 44.4 Å². The van der Waals surface area contributed by atoms with E-state index >= 15 is 0 Å². The zero-order valence-electron chi connectivity index (χ0n) is 17.7. The Bertz CT molecular complexity index is 1400. The van der Waals surface area contributed by atoms with Crippen LogP contribution in [-0.4, -0.2) is 47.8 Å². The Balaban J connectivity index is 1.47. The summed E-state index contributed by atoms with van der Waals surface area (Å²) < 4.78 is 2.07. The van der Waals surface area contributed by atoms with Gasteiger partial charge in [-0.3, -0.25) is 5.10 Å². The summed E-state index contributed by atoms with van der Waals surface area (Å²) in [6.45, 7) is 4.20. The Morgan fingerprint density at radius 2 is 1.84 bits per heavy atom. The summed E-state index contributed by atoms with van der Waals surface area (Å²) in [7, 11) is 2.02. The first-order valence-corrected chi connectivity index (χ1v) is 10.7. The molecule has 0 unspecified atom stereocenters. The first-order valence-electron chi connectivity index (χ1n) is 10.7. The first kappa shape index (κ1) is 18.1. The molecule has 0 bridgehead atoms. The van der Waals surface area contributed by atoms with Gasteiger partial charge in [0.05, 0.1) is 23.3 Å². The molecule has 1 fully saturated rings. The molecule has 0 amide bonds. The quantitative estimate of drug-likeness (QED) is 0.463. The molecule has 0 saturated carbocycles. The minimum absolute atomic E-state index is 0.695. The van der Waals surface area contributed by atoms with Crippen molar-refractivity contribution in [2.24, 2.45) is 7.05 Å². The van der Waals surface area contributed by atoms with Crippen LogP contribution in [0.4, 0.5) is 5.69 Å². The molecular formula is C23H24N8. The Morgan fingerprint density at radius 3 is 2.65 bits per heavy atom. The minimum Gasteiger partial charge on any atom is -0.371 e. The van der Waals surface area contributed by atoms with Gasteiger partial charge in [-0.25, -0.2) is 15.0 Å². The Morgan fingerprint density at radius 1 is 0.968 bits per heavy atom. The highest BCUT2D eigenvalue weighted by atomic mass is 15.2. The zero-order chi connectivity index (χ0) is 20.9. The molecule has 0 radical (unpaired) electrons. The number of fused-ring (bicyclic) bond motifs is 2. The maximum absolute atomic E-state index is 4.58. The smallest absolute Gasteiger partial charge is 0.181 e. The number of aromatic nitrogens is 7. The molecule has 156 valence electrons. The molecule has 0 aliphatic carbocycles. The third-order valence-electron chi connectivity index (χ3n) is 6.40. The molecule has 5 aromatic rings. The van der Waals surface area contributed by atoms with Gasteiger partial charge in [0.25, 0.3) is 0 Å². The van der Waals surface area contributed by atoms with Crippen LogP contribution in [0, 0.1) is 6.92 Å². The third kappa shape index (κ3) is 2.90. The average molecular weight is 413 g/mol. The highest BCUT2D eigenvalue weighted by Gasteiger charge is 2.18. The number of nitrogens with one attached hydrogen (secondary N) is 2. The van der Waals surface area contributed by atoms with E-state index in [-0.39, 0.29) is 0 Å². The monoisotopic (exact) mass is 412 g/mol. The molecule has 2 N–H and O–H groups in total. The molecule has 0 aromatic carbocycles. The third-order valence-corrected chi connectivity index (χ3v) is 6.40. The van der Waals surface area contributed by atoms with Crippen LogP contribution in [-0.2, 0) is 7.05 Å². The second-order valence-electron chi connectivity index (χ2n) is 8.27. The van der Waals surface area contributed by atoms with E-state index in [2.05, 4.69) is 57.8 Å². The van der Waals surface area contributed by atoms with Crippen LogP contribution in [0.3, 0.4) is 0 Å². The van der Waals surface area contributed by atoms with Crippen LogP contribution >= 0.6 is 0 Å². The standard InChI is InChI=1S/C23H24N8/c1-14-25-13-20(30(14)2)15-10-17-21(28-29-23(17)26-12-15)18-11-16-19(6-7-24-22(16)27-18)31-8-4-3-5-9-31/h6-7,10-13H,3-5,8-9H2,1-2H3,(H,24,27)(H,26,28,29). The van der Waals surface area contributed by atoms with Gasteiger partial charge in [-0.15, -0.1) is 0 Å². The highest BCUT2D eigenvalue weighted by molar-refractivity contribution is 5.98. The van der Waals surface area contributed by atoms with Crippen molar-refractivity contribution in [2.75, 3.05) is 18.0 Å². The van der Waals surface area contributed by atoms with Gasteiger partial charge in [0, 0.05) is 54.6 Å². The van der Waals surface area contributed by atoms with Crippen molar-refractivity contribution in [3.05, 3.63) is 42.6 Å². The van der Waals surface area contributed by atoms with Crippen LogP contribution in [0.2, 0.25) is 0 Å². The van der Waals surface area contributed by atoms with E-state index in [1.54, 1.807) is 0 Å². The lowest BCUT2D eigenvalue weighted by molar-refractivity contribution is 0.579. The number of rotatable bonds is 3. The van der Waals surface area contributed by atoms with Crippen LogP contribution in [0.15, 0.2) is 36.8 Å². The predicted molar refractivity (Wildman–Crippen MR) is 122 cm³/mol. The fourth-order valence-electron chi connectivity index (χ4n) is 4.57. The fraction of sp³-hybridized carbons (Fsp3) is 0.304. The van der Waals surface area contributed by atoms with Crippen molar-refractivity contribution >= 4 is 27.8 Å². The number of aryl methyl sites for hydroxylation is 1. The number of anilines is 1. The van der Waals surface area contributed by atoms with Crippen LogP contribution < -0.4 is 4.90 Å². The van der Waals surface area contributed by atoms with Gasteiger partial charge < -0.3 is 14.5 Å². The topological polar surface area (TPSA) is 91.3 Å². The normalized spacial score (nSPS) is 14.7. The minimum atomic E-state index is 0.695. The fourth-order valence-corrected chi connectivity index (χ4v) is 4.57. The summed E-state index contributed by atoms with van der Waals surface area (Å²) in [6.07, 6.45) is 9.43. The van der Waals surface area contributed by atoms with Crippen molar-refractivity contribution in [1.82, 2.24) is 34.7 Å². The van der Waals surface area contributed by atoms with Crippen molar-refractivity contribution in [2.45, 2.75) is 26.2 Å². The van der Waals surface area contributed by atoms with E-state index < -0.39 is 0 Å². The van der Waals surface area contributed by atoms with Crippen LogP contribution in [0.5, 0.6) is 0 Å². The summed E-state index contributed by atoms with van der Waals surface area (Å²) >= 11 is 0. The number of H-pyrrole nitrogens is 2. The van der Waals surface area contributed by atoms with Gasteiger partial charge in [0.2, 0.25) is 0 Å². The maximum atomic E-state index is 4.58. The lowest BCUT2D eigenvalue weighted by Gasteiger charge is -2.29. The first-order chi connectivity index (χ1) is 15.2. The van der Waals surface area contributed by atoms with Crippen molar-refractivity contribution in [3.63, 3.8) is 0 Å². The molecule has 0 spiro atoms. The maximum Gasteiger partial charge on any atom is 0.181 e. The molecule has 8 heteroatoms. The summed E-state index contributed by atoms with van der Waals surface area (Å²) in [5.41, 5.74) is 6.78. The molecule has 0 atom stereocenters. The summed E-state index contributed by atoms with van der Waals surface area (Å²) in [5.74, 6) is 0.967. The number of hydrogen-bond acceptors (Lipinski definition) is 5. The lowest BCUT2D eigenvalue weighted by Crippen LogP contribution is -2.29. The number of pyridine rings is 2. The SMILES string of the molecule is Cc1ncc(-c2cnc3n[nH]c(-c4cc5c(N6CCCCC6)ccnc5[nH]4)c3c2)n1C. The van der Waals surface area contributed by atoms with Gasteiger partial charge in [0.15, 0.2) is 5.65 Å². The molecule has 6 rings (SSSR count). The van der Waals surface area contributed by atoms with Crippen molar-refractivity contribution in [3.8, 4) is 22.6 Å². The number of aromatic amines is 2. The van der Waals surface area contributed by atoms with E-state index in [9.17, 15) is 0 Å². The second kappa shape index (κ2) is 6.94. The molecular weight excluding hydrogens is 388 g/mol. The van der Waals surface area contributed by atoms with E-state index in [1.165, 1.54) is 24.9 Å². The Labute approximate surface area is 179 Å². The number of piperidine rings is 1. The van der Waals surface area contributed by atoms with E-state index in [4.69, 9.17) is 0 Å².